The van der Waals surface area contributed by atoms with E-state index in [1.807, 2.05) is 0 Å². The number of rotatable bonds is 6. The van der Waals surface area contributed by atoms with Gasteiger partial charge in [-0.05, 0) is 26.7 Å². The van der Waals surface area contributed by atoms with Crippen molar-refractivity contribution in [2.75, 3.05) is 26.8 Å². The molecule has 0 unspecified atom stereocenters. The Hall–Kier alpha value is -1.63. The van der Waals surface area contributed by atoms with Gasteiger partial charge in [0.15, 0.2) is 0 Å². The number of carboxylic acids is 1. The van der Waals surface area contributed by atoms with E-state index in [1.165, 1.54) is 21.0 Å². The van der Waals surface area contributed by atoms with E-state index in [9.17, 15) is 14.4 Å². The predicted octanol–water partition coefficient (Wildman–Crippen LogP) is 0.241. The van der Waals surface area contributed by atoms with Gasteiger partial charge in [-0.2, -0.15) is 0 Å². The summed E-state index contributed by atoms with van der Waals surface area (Å²) in [6.45, 7) is 4.29. The van der Waals surface area contributed by atoms with Gasteiger partial charge in [0, 0.05) is 32.7 Å². The lowest BCUT2D eigenvalue weighted by atomic mass is 9.89. The highest BCUT2D eigenvalue weighted by atomic mass is 16.5. The molecule has 0 atom stereocenters. The zero-order valence-electron chi connectivity index (χ0n) is 12.8. The number of carboxylic acid groups (broad SMARTS) is 1. The Labute approximate surface area is 124 Å². The summed E-state index contributed by atoms with van der Waals surface area (Å²) in [5.41, 5.74) is -1.07. The highest BCUT2D eigenvalue weighted by Gasteiger charge is 2.31. The average Bonchev–Trinajstić information content (AvgIpc) is 2.38. The van der Waals surface area contributed by atoms with Gasteiger partial charge in [0.25, 0.3) is 0 Å². The van der Waals surface area contributed by atoms with Gasteiger partial charge in [0.2, 0.25) is 11.8 Å². The molecule has 2 amide bonds. The first kappa shape index (κ1) is 17.4. The van der Waals surface area contributed by atoms with Crippen LogP contribution in [0, 0.1) is 5.41 Å². The van der Waals surface area contributed by atoms with Crippen molar-refractivity contribution in [2.24, 2.45) is 5.41 Å². The molecular weight excluding hydrogens is 276 g/mol. The zero-order valence-corrected chi connectivity index (χ0v) is 12.8. The van der Waals surface area contributed by atoms with Crippen molar-refractivity contribution >= 4 is 17.8 Å². The summed E-state index contributed by atoms with van der Waals surface area (Å²) >= 11 is 0. The van der Waals surface area contributed by atoms with Gasteiger partial charge in [0.1, 0.15) is 6.61 Å². The Morgan fingerprint density at radius 3 is 2.33 bits per heavy atom. The molecule has 0 aromatic rings. The summed E-state index contributed by atoms with van der Waals surface area (Å²) in [6, 6.07) is -0.00584. The van der Waals surface area contributed by atoms with Gasteiger partial charge < -0.3 is 20.1 Å². The molecule has 1 aliphatic heterocycles. The summed E-state index contributed by atoms with van der Waals surface area (Å²) < 4.78 is 4.81. The minimum absolute atomic E-state index is 0.00584. The molecule has 1 heterocycles. The number of ether oxygens (including phenoxy) is 1. The molecule has 1 rings (SSSR count). The molecule has 1 saturated heterocycles. The van der Waals surface area contributed by atoms with Crippen molar-refractivity contribution < 1.29 is 24.2 Å². The fourth-order valence-electron chi connectivity index (χ4n) is 2.24. The van der Waals surface area contributed by atoms with Crippen LogP contribution in [0.2, 0.25) is 0 Å². The van der Waals surface area contributed by atoms with Crippen LogP contribution < -0.4 is 5.32 Å². The second-order valence-electron chi connectivity index (χ2n) is 6.02. The van der Waals surface area contributed by atoms with Gasteiger partial charge in [-0.3, -0.25) is 14.4 Å². The third-order valence-electron chi connectivity index (χ3n) is 3.66. The monoisotopic (exact) mass is 300 g/mol. The number of nitrogens with one attached hydrogen (secondary N) is 1. The van der Waals surface area contributed by atoms with Crippen molar-refractivity contribution in [3.8, 4) is 0 Å². The molecular formula is C14H24N2O5. The standard InChI is InChI=1S/C14H24N2O5/c1-14(2,13(19)20)8-11(17)15-10-4-6-16(7-5-10)12(18)9-21-3/h10H,4-9H2,1-3H3,(H,15,17)(H,19,20). The van der Waals surface area contributed by atoms with Crippen LogP contribution in [-0.4, -0.2) is 60.6 Å². The maximum absolute atomic E-state index is 11.9. The van der Waals surface area contributed by atoms with E-state index in [2.05, 4.69) is 5.32 Å². The molecule has 7 nitrogen and oxygen atoms in total. The van der Waals surface area contributed by atoms with E-state index in [0.717, 1.165) is 0 Å². The van der Waals surface area contributed by atoms with Gasteiger partial charge in [-0.1, -0.05) is 0 Å². The predicted molar refractivity (Wildman–Crippen MR) is 75.7 cm³/mol. The summed E-state index contributed by atoms with van der Waals surface area (Å²) in [4.78, 5) is 36.2. The fraction of sp³-hybridized carbons (Fsp3) is 0.786. The quantitative estimate of drug-likeness (QED) is 0.732. The van der Waals surface area contributed by atoms with Gasteiger partial charge >= 0.3 is 5.97 Å². The molecule has 0 radical (unpaired) electrons. The van der Waals surface area contributed by atoms with Gasteiger partial charge in [0.05, 0.1) is 5.41 Å². The third kappa shape index (κ3) is 5.34. The molecule has 7 heteroatoms. The number of aliphatic carboxylic acids is 1. The number of piperidine rings is 1. The Balaban J connectivity index is 2.37. The largest absolute Gasteiger partial charge is 0.481 e. The Bertz CT molecular complexity index is 400. The molecule has 0 aromatic heterocycles. The number of amides is 2. The van der Waals surface area contributed by atoms with Crippen molar-refractivity contribution in [1.82, 2.24) is 10.2 Å². The van der Waals surface area contributed by atoms with E-state index in [1.54, 1.807) is 4.90 Å². The maximum atomic E-state index is 11.9. The van der Waals surface area contributed by atoms with Crippen molar-refractivity contribution in [3.05, 3.63) is 0 Å². The second kappa shape index (κ2) is 7.40. The first-order valence-corrected chi connectivity index (χ1v) is 7.05. The molecule has 1 fully saturated rings. The molecule has 0 aliphatic carbocycles. The van der Waals surface area contributed by atoms with Crippen LogP contribution in [0.15, 0.2) is 0 Å². The zero-order chi connectivity index (χ0) is 16.0. The van der Waals surface area contributed by atoms with Crippen LogP contribution in [0.5, 0.6) is 0 Å². The van der Waals surface area contributed by atoms with Crippen LogP contribution >= 0.6 is 0 Å². The van der Waals surface area contributed by atoms with Crippen LogP contribution in [0.3, 0.4) is 0 Å². The minimum atomic E-state index is -1.07. The second-order valence-corrected chi connectivity index (χ2v) is 6.02. The number of likely N-dealkylation sites (tertiary alicyclic amines) is 1. The van der Waals surface area contributed by atoms with Crippen LogP contribution in [0.25, 0.3) is 0 Å². The van der Waals surface area contributed by atoms with Crippen molar-refractivity contribution in [2.45, 2.75) is 39.2 Å². The van der Waals surface area contributed by atoms with Crippen LogP contribution in [0.4, 0.5) is 0 Å². The Kier molecular flexibility index (Phi) is 6.14. The van der Waals surface area contributed by atoms with E-state index in [-0.39, 0.29) is 30.9 Å². The first-order valence-electron chi connectivity index (χ1n) is 7.05. The fourth-order valence-corrected chi connectivity index (χ4v) is 2.24. The number of carbonyl (C=O) groups excluding carboxylic acids is 2. The number of hydrogen-bond acceptors (Lipinski definition) is 4. The molecule has 1 aliphatic rings. The van der Waals surface area contributed by atoms with Gasteiger partial charge in [-0.25, -0.2) is 0 Å². The Morgan fingerprint density at radius 1 is 1.29 bits per heavy atom. The molecule has 0 bridgehead atoms. The molecule has 0 aromatic carbocycles. The third-order valence-corrected chi connectivity index (χ3v) is 3.66. The number of nitrogens with zero attached hydrogens (tertiary/aromatic N) is 1. The van der Waals surface area contributed by atoms with E-state index in [4.69, 9.17) is 9.84 Å². The lowest BCUT2D eigenvalue weighted by molar-refractivity contribution is -0.149. The van der Waals surface area contributed by atoms with Crippen LogP contribution in [-0.2, 0) is 19.1 Å². The molecule has 120 valence electrons. The van der Waals surface area contributed by atoms with Crippen molar-refractivity contribution in [1.29, 1.82) is 0 Å². The molecule has 0 saturated carbocycles. The van der Waals surface area contributed by atoms with Crippen molar-refractivity contribution in [3.63, 3.8) is 0 Å². The summed E-state index contributed by atoms with van der Waals surface area (Å²) in [5, 5.41) is 11.9. The van der Waals surface area contributed by atoms with Gasteiger partial charge in [-0.15, -0.1) is 0 Å². The Morgan fingerprint density at radius 2 is 1.86 bits per heavy atom. The number of carbonyl (C=O) groups is 3. The molecule has 21 heavy (non-hydrogen) atoms. The lowest BCUT2D eigenvalue weighted by Gasteiger charge is -2.32. The smallest absolute Gasteiger partial charge is 0.309 e. The van der Waals surface area contributed by atoms with Crippen LogP contribution in [0.1, 0.15) is 33.1 Å². The number of methoxy groups -OCH3 is 1. The summed E-state index contributed by atoms with van der Waals surface area (Å²) in [6.07, 6.45) is 1.30. The normalized spacial score (nSPS) is 16.6. The molecule has 2 N–H and O–H groups in total. The summed E-state index contributed by atoms with van der Waals surface area (Å²) in [7, 11) is 1.48. The van der Waals surface area contributed by atoms with E-state index < -0.39 is 11.4 Å². The minimum Gasteiger partial charge on any atom is -0.481 e. The lowest BCUT2D eigenvalue weighted by Crippen LogP contribution is -2.48. The summed E-state index contributed by atoms with van der Waals surface area (Å²) in [5.74, 6) is -1.30. The number of hydrogen-bond donors (Lipinski definition) is 2. The van der Waals surface area contributed by atoms with E-state index in [0.29, 0.717) is 25.9 Å². The maximum Gasteiger partial charge on any atom is 0.309 e. The highest BCUT2D eigenvalue weighted by molar-refractivity contribution is 5.84. The molecule has 0 spiro atoms. The topological polar surface area (TPSA) is 95.9 Å². The SMILES string of the molecule is COCC(=O)N1CCC(NC(=O)CC(C)(C)C(=O)O)CC1. The highest BCUT2D eigenvalue weighted by Crippen LogP contribution is 2.20. The first-order chi connectivity index (χ1) is 9.76. The van der Waals surface area contributed by atoms with E-state index >= 15 is 0 Å². The average molecular weight is 300 g/mol.